The van der Waals surface area contributed by atoms with Gasteiger partial charge in [0.25, 0.3) is 0 Å². The molecule has 0 atom stereocenters. The molecule has 2 N–H and O–H groups in total. The van der Waals surface area contributed by atoms with Crippen LogP contribution in [0.4, 0.5) is 14.9 Å². The van der Waals surface area contributed by atoms with Gasteiger partial charge in [0.2, 0.25) is 5.91 Å². The Morgan fingerprint density at radius 3 is 2.62 bits per heavy atom. The van der Waals surface area contributed by atoms with Crippen LogP contribution < -0.4 is 15.4 Å². The van der Waals surface area contributed by atoms with Gasteiger partial charge >= 0.3 is 6.03 Å². The normalized spacial score (nSPS) is 15.0. The number of anilines is 1. The summed E-state index contributed by atoms with van der Waals surface area (Å²) in [6.07, 6.45) is 0. The molecule has 0 spiro atoms. The molecule has 0 bridgehead atoms. The second-order valence-corrected chi connectivity index (χ2v) is 5.57. The van der Waals surface area contributed by atoms with Gasteiger partial charge < -0.3 is 25.2 Å². The zero-order valence-corrected chi connectivity index (χ0v) is 14.0. The van der Waals surface area contributed by atoms with Gasteiger partial charge in [-0.2, -0.15) is 0 Å². The molecule has 8 heteroatoms. The van der Waals surface area contributed by atoms with E-state index in [1.165, 1.54) is 18.2 Å². The van der Waals surface area contributed by atoms with Crippen LogP contribution in [0.15, 0.2) is 18.2 Å². The number of ether oxygens (including phenoxy) is 1. The van der Waals surface area contributed by atoms with Gasteiger partial charge in [0.1, 0.15) is 11.6 Å². The van der Waals surface area contributed by atoms with Crippen molar-refractivity contribution < 1.29 is 18.7 Å². The first-order valence-electron chi connectivity index (χ1n) is 7.93. The van der Waals surface area contributed by atoms with E-state index in [0.29, 0.717) is 25.4 Å². The van der Waals surface area contributed by atoms with E-state index in [4.69, 9.17) is 4.74 Å². The molecule has 7 nitrogen and oxygen atoms in total. The van der Waals surface area contributed by atoms with E-state index in [1.54, 1.807) is 11.8 Å². The number of hydrogen-bond acceptors (Lipinski definition) is 4. The lowest BCUT2D eigenvalue weighted by molar-refractivity contribution is -0.131. The molecule has 1 aliphatic heterocycles. The molecule has 2 rings (SSSR count). The van der Waals surface area contributed by atoms with Crippen molar-refractivity contribution in [3.8, 4) is 5.75 Å². The van der Waals surface area contributed by atoms with Crippen molar-refractivity contribution in [3.63, 3.8) is 0 Å². The van der Waals surface area contributed by atoms with Crippen LogP contribution in [0.1, 0.15) is 6.92 Å². The van der Waals surface area contributed by atoms with E-state index >= 15 is 0 Å². The minimum Gasteiger partial charge on any atom is -0.492 e. The van der Waals surface area contributed by atoms with E-state index in [-0.39, 0.29) is 18.2 Å². The van der Waals surface area contributed by atoms with Crippen LogP contribution >= 0.6 is 0 Å². The maximum Gasteiger partial charge on any atom is 0.319 e. The summed E-state index contributed by atoms with van der Waals surface area (Å²) in [5.41, 5.74) is 0.350. The Morgan fingerprint density at radius 2 is 1.96 bits per heavy atom. The van der Waals surface area contributed by atoms with Gasteiger partial charge in [0.05, 0.1) is 18.8 Å². The van der Waals surface area contributed by atoms with Gasteiger partial charge in [-0.15, -0.1) is 0 Å². The topological polar surface area (TPSA) is 73.9 Å². The zero-order chi connectivity index (χ0) is 17.5. The number of rotatable bonds is 5. The number of nitrogens with zero attached hydrogens (tertiary/aromatic N) is 2. The summed E-state index contributed by atoms with van der Waals surface area (Å²) in [5, 5.41) is 5.09. The largest absolute Gasteiger partial charge is 0.492 e. The van der Waals surface area contributed by atoms with Crippen LogP contribution in [0.2, 0.25) is 0 Å². The van der Waals surface area contributed by atoms with Crippen molar-refractivity contribution in [1.29, 1.82) is 0 Å². The third kappa shape index (κ3) is 5.09. The molecule has 132 valence electrons. The lowest BCUT2D eigenvalue weighted by atomic mass is 10.3. The Bertz CT molecular complexity index is 589. The lowest BCUT2D eigenvalue weighted by Crippen LogP contribution is -2.50. The molecule has 3 amide bonds. The predicted molar refractivity (Wildman–Crippen MR) is 88.7 cm³/mol. The second-order valence-electron chi connectivity index (χ2n) is 5.57. The SMILES string of the molecule is CCOc1cc(F)ccc1NC(=O)NCC(=O)N1CCN(C)CC1. The number of halogens is 1. The third-order valence-electron chi connectivity index (χ3n) is 3.75. The van der Waals surface area contributed by atoms with Crippen LogP contribution in [0, 0.1) is 5.82 Å². The highest BCUT2D eigenvalue weighted by Crippen LogP contribution is 2.25. The van der Waals surface area contributed by atoms with Crippen molar-refractivity contribution in [2.45, 2.75) is 6.92 Å². The van der Waals surface area contributed by atoms with Crippen LogP contribution in [0.5, 0.6) is 5.75 Å². The van der Waals surface area contributed by atoms with E-state index in [9.17, 15) is 14.0 Å². The smallest absolute Gasteiger partial charge is 0.319 e. The number of likely N-dealkylation sites (N-methyl/N-ethyl adjacent to an activating group) is 1. The quantitative estimate of drug-likeness (QED) is 0.844. The van der Waals surface area contributed by atoms with Crippen molar-refractivity contribution >= 4 is 17.6 Å². The van der Waals surface area contributed by atoms with Gasteiger partial charge in [-0.25, -0.2) is 9.18 Å². The highest BCUT2D eigenvalue weighted by atomic mass is 19.1. The van der Waals surface area contributed by atoms with Crippen molar-refractivity contribution in [1.82, 2.24) is 15.1 Å². The summed E-state index contributed by atoms with van der Waals surface area (Å²) < 4.78 is 18.5. The first-order valence-corrected chi connectivity index (χ1v) is 7.93. The molecule has 0 aliphatic carbocycles. The summed E-state index contributed by atoms with van der Waals surface area (Å²) in [5.74, 6) is -0.324. The number of hydrogen-bond donors (Lipinski definition) is 2. The second kappa shape index (κ2) is 8.49. The van der Waals surface area contributed by atoms with Crippen molar-refractivity contribution in [3.05, 3.63) is 24.0 Å². The minimum absolute atomic E-state index is 0.0826. The zero-order valence-electron chi connectivity index (χ0n) is 14.0. The third-order valence-corrected chi connectivity index (χ3v) is 3.75. The van der Waals surface area contributed by atoms with Gasteiger partial charge in [0.15, 0.2) is 0 Å². The first-order chi connectivity index (χ1) is 11.5. The van der Waals surface area contributed by atoms with E-state index in [1.807, 2.05) is 7.05 Å². The van der Waals surface area contributed by atoms with E-state index in [0.717, 1.165) is 13.1 Å². The summed E-state index contributed by atoms with van der Waals surface area (Å²) in [6.45, 7) is 5.00. The fraction of sp³-hybridized carbons (Fsp3) is 0.500. The molecular formula is C16H23FN4O3. The Kier molecular flexibility index (Phi) is 6.36. The molecule has 1 saturated heterocycles. The van der Waals surface area contributed by atoms with Crippen molar-refractivity contribution in [2.24, 2.45) is 0 Å². The number of carbonyl (C=O) groups excluding carboxylic acids is 2. The molecule has 0 unspecified atom stereocenters. The molecule has 24 heavy (non-hydrogen) atoms. The molecule has 0 aromatic heterocycles. The Labute approximate surface area is 140 Å². The molecule has 1 fully saturated rings. The molecule has 0 saturated carbocycles. The van der Waals surface area contributed by atoms with Crippen LogP contribution in [-0.2, 0) is 4.79 Å². The fourth-order valence-corrected chi connectivity index (χ4v) is 2.36. The van der Waals surface area contributed by atoms with E-state index in [2.05, 4.69) is 15.5 Å². The summed E-state index contributed by atoms with van der Waals surface area (Å²) >= 11 is 0. The highest BCUT2D eigenvalue weighted by Gasteiger charge is 2.19. The standard InChI is InChI=1S/C16H23FN4O3/c1-3-24-14-10-12(17)4-5-13(14)19-16(23)18-11-15(22)21-8-6-20(2)7-9-21/h4-5,10H,3,6-9,11H2,1-2H3,(H2,18,19,23). The number of piperazine rings is 1. The Hall–Kier alpha value is -2.35. The van der Waals surface area contributed by atoms with Crippen LogP contribution in [0.25, 0.3) is 0 Å². The van der Waals surface area contributed by atoms with E-state index < -0.39 is 11.8 Å². The maximum atomic E-state index is 13.2. The number of amides is 3. The molecule has 1 aromatic carbocycles. The average Bonchev–Trinajstić information content (AvgIpc) is 2.56. The Balaban J connectivity index is 1.84. The predicted octanol–water partition coefficient (Wildman–Crippen LogP) is 1.12. The van der Waals surface area contributed by atoms with Gasteiger partial charge in [-0.05, 0) is 26.1 Å². The lowest BCUT2D eigenvalue weighted by Gasteiger charge is -2.32. The van der Waals surface area contributed by atoms with Crippen LogP contribution in [0.3, 0.4) is 0 Å². The minimum atomic E-state index is -0.537. The molecule has 0 radical (unpaired) electrons. The van der Waals surface area contributed by atoms with Gasteiger partial charge in [-0.1, -0.05) is 0 Å². The number of urea groups is 1. The maximum absolute atomic E-state index is 13.2. The average molecular weight is 338 g/mol. The van der Waals surface area contributed by atoms with Crippen LogP contribution in [-0.4, -0.2) is 68.1 Å². The summed E-state index contributed by atoms with van der Waals surface area (Å²) in [6, 6.07) is 3.31. The number of carbonyl (C=O) groups is 2. The molecular weight excluding hydrogens is 315 g/mol. The number of nitrogens with one attached hydrogen (secondary N) is 2. The summed E-state index contributed by atoms with van der Waals surface area (Å²) in [7, 11) is 2.01. The highest BCUT2D eigenvalue weighted by molar-refractivity contribution is 5.93. The van der Waals surface area contributed by atoms with Gasteiger partial charge in [-0.3, -0.25) is 4.79 Å². The first kappa shape index (κ1) is 18.0. The molecule has 1 heterocycles. The van der Waals surface area contributed by atoms with Crippen molar-refractivity contribution in [2.75, 3.05) is 51.7 Å². The Morgan fingerprint density at radius 1 is 1.25 bits per heavy atom. The van der Waals surface area contributed by atoms with Gasteiger partial charge in [0, 0.05) is 32.2 Å². The number of benzene rings is 1. The fourth-order valence-electron chi connectivity index (χ4n) is 2.36. The monoisotopic (exact) mass is 338 g/mol. The molecule has 1 aliphatic rings. The summed E-state index contributed by atoms with van der Waals surface area (Å²) in [4.78, 5) is 27.9. The molecule has 1 aromatic rings.